The SMILES string of the molecule is Cc1cc(NC(=O)[C@H]2CCN(C(=O)O)C2)ccc1F. The van der Waals surface area contributed by atoms with Crippen LogP contribution in [0.5, 0.6) is 0 Å². The highest BCUT2D eigenvalue weighted by molar-refractivity contribution is 5.93. The van der Waals surface area contributed by atoms with Gasteiger partial charge in [-0.15, -0.1) is 0 Å². The lowest BCUT2D eigenvalue weighted by Crippen LogP contribution is -2.30. The third-order valence-corrected chi connectivity index (χ3v) is 3.26. The van der Waals surface area contributed by atoms with Crippen LogP contribution in [0, 0.1) is 18.7 Å². The van der Waals surface area contributed by atoms with Crippen molar-refractivity contribution < 1.29 is 19.1 Å². The second-order valence-corrected chi connectivity index (χ2v) is 4.67. The third kappa shape index (κ3) is 3.01. The molecule has 1 saturated heterocycles. The molecule has 1 aliphatic rings. The first-order valence-electron chi connectivity index (χ1n) is 6.02. The molecule has 2 rings (SSSR count). The Morgan fingerprint density at radius 3 is 2.79 bits per heavy atom. The Morgan fingerprint density at radius 2 is 2.21 bits per heavy atom. The standard InChI is InChI=1S/C13H15FN2O3/c1-8-6-10(2-3-11(8)14)15-12(17)9-4-5-16(7-9)13(18)19/h2-3,6,9H,4-5,7H2,1H3,(H,15,17)(H,18,19)/t9-/m0/s1. The molecule has 0 bridgehead atoms. The number of nitrogens with zero attached hydrogens (tertiary/aromatic N) is 1. The van der Waals surface area contributed by atoms with E-state index < -0.39 is 6.09 Å². The number of halogens is 1. The number of carboxylic acid groups (broad SMARTS) is 1. The summed E-state index contributed by atoms with van der Waals surface area (Å²) >= 11 is 0. The van der Waals surface area contributed by atoms with Gasteiger partial charge in [-0.05, 0) is 37.1 Å². The number of nitrogens with one attached hydrogen (secondary N) is 1. The number of hydrogen-bond acceptors (Lipinski definition) is 2. The van der Waals surface area contributed by atoms with E-state index in [-0.39, 0.29) is 24.2 Å². The highest BCUT2D eigenvalue weighted by Crippen LogP contribution is 2.20. The maximum atomic E-state index is 13.1. The fraction of sp³-hybridized carbons (Fsp3) is 0.385. The lowest BCUT2D eigenvalue weighted by Gasteiger charge is -2.13. The molecule has 1 heterocycles. The van der Waals surface area contributed by atoms with E-state index in [1.807, 2.05) is 0 Å². The first-order valence-corrected chi connectivity index (χ1v) is 6.02. The van der Waals surface area contributed by atoms with Gasteiger partial charge in [0.05, 0.1) is 5.92 Å². The summed E-state index contributed by atoms with van der Waals surface area (Å²) in [7, 11) is 0. The molecule has 1 fully saturated rings. The number of anilines is 1. The number of rotatable bonds is 2. The van der Waals surface area contributed by atoms with Gasteiger partial charge in [0.1, 0.15) is 5.82 Å². The number of likely N-dealkylation sites (tertiary alicyclic amines) is 1. The van der Waals surface area contributed by atoms with E-state index in [4.69, 9.17) is 5.11 Å². The molecule has 5 nitrogen and oxygen atoms in total. The maximum Gasteiger partial charge on any atom is 0.407 e. The van der Waals surface area contributed by atoms with Crippen molar-refractivity contribution in [2.45, 2.75) is 13.3 Å². The highest BCUT2D eigenvalue weighted by Gasteiger charge is 2.30. The largest absolute Gasteiger partial charge is 0.465 e. The Balaban J connectivity index is 1.98. The molecule has 2 amide bonds. The summed E-state index contributed by atoms with van der Waals surface area (Å²) in [5.41, 5.74) is 0.981. The van der Waals surface area contributed by atoms with Crippen molar-refractivity contribution in [2.75, 3.05) is 18.4 Å². The number of carbonyl (C=O) groups excluding carboxylic acids is 1. The van der Waals surface area contributed by atoms with Crippen LogP contribution in [0.3, 0.4) is 0 Å². The Kier molecular flexibility index (Phi) is 3.69. The normalized spacial score (nSPS) is 18.4. The van der Waals surface area contributed by atoms with Crippen LogP contribution >= 0.6 is 0 Å². The molecule has 1 atom stereocenters. The summed E-state index contributed by atoms with van der Waals surface area (Å²) < 4.78 is 13.1. The van der Waals surface area contributed by atoms with Crippen LogP contribution in [-0.2, 0) is 4.79 Å². The van der Waals surface area contributed by atoms with E-state index >= 15 is 0 Å². The molecule has 6 heteroatoms. The van der Waals surface area contributed by atoms with Crippen LogP contribution in [0.1, 0.15) is 12.0 Å². The van der Waals surface area contributed by atoms with Gasteiger partial charge in [-0.2, -0.15) is 0 Å². The minimum absolute atomic E-state index is 0.210. The van der Waals surface area contributed by atoms with Gasteiger partial charge in [0.2, 0.25) is 5.91 Å². The fourth-order valence-corrected chi connectivity index (χ4v) is 2.11. The third-order valence-electron chi connectivity index (χ3n) is 3.26. The molecule has 0 aliphatic carbocycles. The number of hydrogen-bond donors (Lipinski definition) is 2. The van der Waals surface area contributed by atoms with Crippen LogP contribution in [0.25, 0.3) is 0 Å². The molecule has 2 N–H and O–H groups in total. The van der Waals surface area contributed by atoms with Crippen molar-refractivity contribution in [3.8, 4) is 0 Å². The first-order chi connectivity index (χ1) is 8.97. The molecular weight excluding hydrogens is 251 g/mol. The van der Waals surface area contributed by atoms with E-state index in [2.05, 4.69) is 5.32 Å². The molecule has 0 unspecified atom stereocenters. The number of aryl methyl sites for hydroxylation is 1. The van der Waals surface area contributed by atoms with Gasteiger partial charge in [0.15, 0.2) is 0 Å². The minimum Gasteiger partial charge on any atom is -0.465 e. The number of carbonyl (C=O) groups is 2. The molecule has 19 heavy (non-hydrogen) atoms. The smallest absolute Gasteiger partial charge is 0.407 e. The Bertz CT molecular complexity index is 519. The highest BCUT2D eigenvalue weighted by atomic mass is 19.1. The van der Waals surface area contributed by atoms with E-state index in [1.165, 1.54) is 17.0 Å². The summed E-state index contributed by atoms with van der Waals surface area (Å²) in [4.78, 5) is 23.9. The molecule has 0 aromatic heterocycles. The molecule has 1 aromatic carbocycles. The molecule has 0 radical (unpaired) electrons. The second-order valence-electron chi connectivity index (χ2n) is 4.67. The monoisotopic (exact) mass is 266 g/mol. The average molecular weight is 266 g/mol. The quantitative estimate of drug-likeness (QED) is 0.861. The zero-order valence-corrected chi connectivity index (χ0v) is 10.5. The minimum atomic E-state index is -1.01. The van der Waals surface area contributed by atoms with Crippen LogP contribution in [-0.4, -0.2) is 35.1 Å². The Labute approximate surface area is 110 Å². The van der Waals surface area contributed by atoms with Gasteiger partial charge in [-0.25, -0.2) is 9.18 Å². The number of amides is 2. The maximum absolute atomic E-state index is 13.1. The van der Waals surface area contributed by atoms with Crippen molar-refractivity contribution in [2.24, 2.45) is 5.92 Å². The predicted molar refractivity (Wildman–Crippen MR) is 67.5 cm³/mol. The average Bonchev–Trinajstić information content (AvgIpc) is 2.83. The van der Waals surface area contributed by atoms with Crippen molar-refractivity contribution in [1.82, 2.24) is 4.90 Å². The van der Waals surface area contributed by atoms with Crippen molar-refractivity contribution >= 4 is 17.7 Å². The lowest BCUT2D eigenvalue weighted by molar-refractivity contribution is -0.119. The topological polar surface area (TPSA) is 69.6 Å². The van der Waals surface area contributed by atoms with Crippen molar-refractivity contribution in [3.63, 3.8) is 0 Å². The van der Waals surface area contributed by atoms with E-state index in [0.29, 0.717) is 24.2 Å². The molecular formula is C13H15FN2O3. The summed E-state index contributed by atoms with van der Waals surface area (Å²) in [6.45, 7) is 2.20. The van der Waals surface area contributed by atoms with Crippen molar-refractivity contribution in [1.29, 1.82) is 0 Å². The lowest BCUT2D eigenvalue weighted by atomic mass is 10.1. The fourth-order valence-electron chi connectivity index (χ4n) is 2.11. The van der Waals surface area contributed by atoms with Gasteiger partial charge < -0.3 is 15.3 Å². The predicted octanol–water partition coefficient (Wildman–Crippen LogP) is 2.07. The van der Waals surface area contributed by atoms with Crippen LogP contribution in [0.4, 0.5) is 14.9 Å². The summed E-state index contributed by atoms with van der Waals surface area (Å²) in [6.07, 6.45) is -0.494. The first kappa shape index (κ1) is 13.3. The summed E-state index contributed by atoms with van der Waals surface area (Å²) in [6, 6.07) is 4.34. The molecule has 1 aliphatic heterocycles. The van der Waals surface area contributed by atoms with Crippen molar-refractivity contribution in [3.05, 3.63) is 29.6 Å². The van der Waals surface area contributed by atoms with E-state index in [0.717, 1.165) is 0 Å². The molecule has 0 spiro atoms. The van der Waals surface area contributed by atoms with Gasteiger partial charge in [0.25, 0.3) is 0 Å². The Hall–Kier alpha value is -2.11. The molecule has 102 valence electrons. The van der Waals surface area contributed by atoms with E-state index in [1.54, 1.807) is 13.0 Å². The van der Waals surface area contributed by atoms with Gasteiger partial charge >= 0.3 is 6.09 Å². The molecule has 0 saturated carbocycles. The second kappa shape index (κ2) is 5.26. The van der Waals surface area contributed by atoms with Crippen LogP contribution in [0.15, 0.2) is 18.2 Å². The van der Waals surface area contributed by atoms with Gasteiger partial charge in [0, 0.05) is 18.8 Å². The zero-order chi connectivity index (χ0) is 14.0. The summed E-state index contributed by atoms with van der Waals surface area (Å²) in [5.74, 6) is -0.896. The zero-order valence-electron chi connectivity index (χ0n) is 10.5. The van der Waals surface area contributed by atoms with Crippen LogP contribution < -0.4 is 5.32 Å². The summed E-state index contributed by atoms with van der Waals surface area (Å²) in [5, 5.41) is 11.5. The van der Waals surface area contributed by atoms with Crippen LogP contribution in [0.2, 0.25) is 0 Å². The van der Waals surface area contributed by atoms with Gasteiger partial charge in [-0.3, -0.25) is 4.79 Å². The Morgan fingerprint density at radius 1 is 1.47 bits per heavy atom. The molecule has 1 aromatic rings. The number of benzene rings is 1. The van der Waals surface area contributed by atoms with Gasteiger partial charge in [-0.1, -0.05) is 0 Å². The van der Waals surface area contributed by atoms with E-state index in [9.17, 15) is 14.0 Å².